The molecule has 0 aromatic heterocycles. The molecular weight excluding hydrogens is 817 g/mol. The smallest absolute Gasteiger partial charge is 0.331 e. The maximum atomic E-state index is 11.8. The zero-order chi connectivity index (χ0) is 39.2. The Morgan fingerprint density at radius 3 is 1.43 bits per heavy atom. The highest BCUT2D eigenvalue weighted by molar-refractivity contribution is 6.66. The Balaban J connectivity index is 0.000000304. The van der Waals surface area contributed by atoms with Gasteiger partial charge in [0.25, 0.3) is 0 Å². The zero-order valence-corrected chi connectivity index (χ0v) is 33.5. The van der Waals surface area contributed by atoms with Gasteiger partial charge in [-0.2, -0.15) is 0 Å². The van der Waals surface area contributed by atoms with Crippen molar-refractivity contribution in [2.24, 2.45) is 0 Å². The highest BCUT2D eigenvalue weighted by Gasteiger charge is 2.03. The van der Waals surface area contributed by atoms with Gasteiger partial charge in [0.05, 0.1) is 0 Å². The summed E-state index contributed by atoms with van der Waals surface area (Å²) in [5.74, 6) is 10.8. The normalized spacial score (nSPS) is 11.7. The number of allylic oxidation sites excluding steroid dienone is 5. The summed E-state index contributed by atoms with van der Waals surface area (Å²) in [5.41, 5.74) is 3.29. The maximum absolute atomic E-state index is 11.8. The number of hydrogen-bond acceptors (Lipinski definition) is 4. The van der Waals surface area contributed by atoms with E-state index in [1.54, 1.807) is 123 Å². The Morgan fingerprint density at radius 1 is 0.604 bits per heavy atom. The van der Waals surface area contributed by atoms with Crippen molar-refractivity contribution < 1.29 is 19.4 Å². The topological polar surface area (TPSA) is 63.6 Å². The number of rotatable bonds is 7. The number of carbonyl (C=O) groups is 2. The number of halogens is 7. The van der Waals surface area contributed by atoms with Crippen LogP contribution in [0, 0.1) is 23.7 Å². The number of ether oxygens (including phenoxy) is 1. The number of esters is 1. The molecule has 0 heterocycles. The number of aliphatic hydroxyl groups is 1. The number of carbonyl (C=O) groups excluding carboxylic acids is 2. The van der Waals surface area contributed by atoms with Gasteiger partial charge in [-0.25, -0.2) is 4.79 Å². The molecule has 1 N–H and O–H groups in total. The minimum absolute atomic E-state index is 0.477. The van der Waals surface area contributed by atoms with E-state index in [0.29, 0.717) is 30.1 Å². The molecule has 4 aromatic carbocycles. The fraction of sp³-hybridized carbons (Fsp3) is 0.0952. The third-order valence-corrected chi connectivity index (χ3v) is 7.74. The van der Waals surface area contributed by atoms with Gasteiger partial charge in [0.1, 0.15) is 6.10 Å². The van der Waals surface area contributed by atoms with Gasteiger partial charge in [-0.15, -0.1) is 0 Å². The highest BCUT2D eigenvalue weighted by Crippen LogP contribution is 2.23. The Hall–Kier alpha value is -3.91. The Bertz CT molecular complexity index is 2060. The lowest BCUT2D eigenvalue weighted by molar-refractivity contribution is -0.139. The van der Waals surface area contributed by atoms with Crippen LogP contribution in [0.4, 0.5) is 0 Å². The lowest BCUT2D eigenvalue weighted by Gasteiger charge is -2.03. The molecule has 0 bridgehead atoms. The summed E-state index contributed by atoms with van der Waals surface area (Å²) in [7, 11) is 0. The third kappa shape index (κ3) is 20.8. The van der Waals surface area contributed by atoms with Crippen molar-refractivity contribution in [3.8, 4) is 23.7 Å². The van der Waals surface area contributed by atoms with Crippen LogP contribution in [0.25, 0.3) is 12.2 Å². The molecule has 0 aliphatic carbocycles. The Labute approximate surface area is 345 Å². The van der Waals surface area contributed by atoms with Crippen molar-refractivity contribution in [2.45, 2.75) is 26.1 Å². The van der Waals surface area contributed by atoms with E-state index in [1.165, 1.54) is 12.2 Å². The second-order valence-electron chi connectivity index (χ2n) is 10.4. The van der Waals surface area contributed by atoms with E-state index >= 15 is 0 Å². The molecule has 4 rings (SSSR count). The van der Waals surface area contributed by atoms with Crippen molar-refractivity contribution in [1.29, 1.82) is 0 Å². The first-order chi connectivity index (χ1) is 25.2. The summed E-state index contributed by atoms with van der Waals surface area (Å²) in [6, 6.07) is 24.7. The molecule has 2 atom stereocenters. The standard InChI is InChI=1S/C21H15Cl3O2.C11H7Cl3O.C10H9ClO/c1-15(6-7-16-8-11-18(22)12-9-16)26-21(25)5-3-2-4-17-10-13-19(23)14-20(17)24;12-9-6-5-8(10(13)7-9)3-1-2-4-11(14)15;1-8(12)2-3-9-4-6-10(11)7-5-9/h2-5,8-15H,1H3;1-7H;4-8,12H,1H3/b4-2+,5-3+;3-1+,4-2+;/t15-;;8-/m1.1/s1. The maximum Gasteiger partial charge on any atom is 0.331 e. The minimum atomic E-state index is -0.583. The van der Waals surface area contributed by atoms with Crippen molar-refractivity contribution >= 4 is 105 Å². The molecule has 53 heavy (non-hydrogen) atoms. The summed E-state index contributed by atoms with van der Waals surface area (Å²) >= 11 is 40.2. The number of aliphatic hydroxyl groups excluding tert-OH is 1. The SMILES string of the molecule is C[C@@H](O)C#Cc1ccc(Cl)cc1.C[C@H](C#Cc1ccc(Cl)cc1)OC(=O)/C=C/C=C/c1ccc(Cl)cc1Cl.O=C(Cl)/C=C/C=C/c1ccc(Cl)cc1Cl. The predicted molar refractivity (Wildman–Crippen MR) is 224 cm³/mol. The molecule has 0 saturated carbocycles. The van der Waals surface area contributed by atoms with E-state index < -0.39 is 23.4 Å². The van der Waals surface area contributed by atoms with Crippen LogP contribution in [-0.4, -0.2) is 28.5 Å². The quantitative estimate of drug-likeness (QED) is 0.0662. The Morgan fingerprint density at radius 2 is 1.02 bits per heavy atom. The van der Waals surface area contributed by atoms with Gasteiger partial charge >= 0.3 is 5.97 Å². The van der Waals surface area contributed by atoms with E-state index in [1.807, 2.05) is 12.1 Å². The molecule has 272 valence electrons. The van der Waals surface area contributed by atoms with Crippen LogP contribution in [0.5, 0.6) is 0 Å². The first kappa shape index (κ1) is 45.2. The van der Waals surface area contributed by atoms with Crippen LogP contribution in [0.3, 0.4) is 0 Å². The van der Waals surface area contributed by atoms with Crippen molar-refractivity contribution in [3.05, 3.63) is 174 Å². The highest BCUT2D eigenvalue weighted by atomic mass is 35.5. The van der Waals surface area contributed by atoms with Gasteiger partial charge in [0, 0.05) is 47.3 Å². The van der Waals surface area contributed by atoms with Crippen molar-refractivity contribution in [3.63, 3.8) is 0 Å². The van der Waals surface area contributed by atoms with Crippen LogP contribution in [0.1, 0.15) is 36.1 Å². The molecule has 0 aliphatic rings. The van der Waals surface area contributed by atoms with Crippen LogP contribution >= 0.6 is 81.2 Å². The van der Waals surface area contributed by atoms with Crippen molar-refractivity contribution in [1.82, 2.24) is 0 Å². The Kier molecular flexibility index (Phi) is 21.5. The summed E-state index contributed by atoms with van der Waals surface area (Å²) in [4.78, 5) is 22.1. The molecule has 0 spiro atoms. The van der Waals surface area contributed by atoms with E-state index in [9.17, 15) is 9.59 Å². The van der Waals surface area contributed by atoms with Gasteiger partial charge < -0.3 is 9.84 Å². The molecule has 0 saturated heterocycles. The lowest BCUT2D eigenvalue weighted by Crippen LogP contribution is -2.10. The number of benzene rings is 4. The number of hydrogen-bond donors (Lipinski definition) is 1. The van der Waals surface area contributed by atoms with E-state index in [-0.39, 0.29) is 0 Å². The van der Waals surface area contributed by atoms with Crippen LogP contribution < -0.4 is 0 Å². The second kappa shape index (κ2) is 25.2. The molecule has 0 fully saturated rings. The summed E-state index contributed by atoms with van der Waals surface area (Å²) in [6.45, 7) is 3.33. The lowest BCUT2D eigenvalue weighted by atomic mass is 10.2. The van der Waals surface area contributed by atoms with Gasteiger partial charge in [0.2, 0.25) is 5.24 Å². The summed E-state index contributed by atoms with van der Waals surface area (Å²) < 4.78 is 5.18. The molecule has 0 amide bonds. The van der Waals surface area contributed by atoms with Gasteiger partial charge in [-0.1, -0.05) is 142 Å². The average molecular weight is 848 g/mol. The molecule has 0 unspecified atom stereocenters. The van der Waals surface area contributed by atoms with E-state index in [4.69, 9.17) is 91.0 Å². The molecule has 11 heteroatoms. The average Bonchev–Trinajstić information content (AvgIpc) is 3.10. The van der Waals surface area contributed by atoms with Crippen LogP contribution in [-0.2, 0) is 14.3 Å². The first-order valence-corrected chi connectivity index (χ1v) is 18.1. The largest absolute Gasteiger partial charge is 0.446 e. The van der Waals surface area contributed by atoms with E-state index in [2.05, 4.69) is 23.7 Å². The third-order valence-electron chi connectivity index (χ3n) is 5.98. The van der Waals surface area contributed by atoms with Crippen molar-refractivity contribution in [2.75, 3.05) is 0 Å². The summed E-state index contributed by atoms with van der Waals surface area (Å²) in [5, 5.41) is 11.9. The van der Waals surface area contributed by atoms with Crippen LogP contribution in [0.2, 0.25) is 30.1 Å². The fourth-order valence-electron chi connectivity index (χ4n) is 3.54. The molecule has 0 aliphatic heterocycles. The fourth-order valence-corrected chi connectivity index (χ4v) is 4.81. The van der Waals surface area contributed by atoms with Crippen LogP contribution in [0.15, 0.2) is 121 Å². The van der Waals surface area contributed by atoms with Gasteiger partial charge in [-0.3, -0.25) is 4.79 Å². The van der Waals surface area contributed by atoms with Gasteiger partial charge in [-0.05, 0) is 115 Å². The summed E-state index contributed by atoms with van der Waals surface area (Å²) in [6.07, 6.45) is 11.5. The first-order valence-electron chi connectivity index (χ1n) is 15.4. The van der Waals surface area contributed by atoms with Gasteiger partial charge in [0.15, 0.2) is 6.10 Å². The molecular formula is C42H31Cl7O4. The predicted octanol–water partition coefficient (Wildman–Crippen LogP) is 12.6. The molecule has 4 aromatic rings. The molecule has 0 radical (unpaired) electrons. The molecule has 4 nitrogen and oxygen atoms in total. The second-order valence-corrected chi connectivity index (χ2v) is 13.3. The minimum Gasteiger partial charge on any atom is -0.446 e. The monoisotopic (exact) mass is 844 g/mol. The zero-order valence-electron chi connectivity index (χ0n) is 28.2. The van der Waals surface area contributed by atoms with E-state index in [0.717, 1.165) is 22.3 Å².